The fraction of sp³-hybridized carbons (Fsp3) is 0.364. The number of carboxylic acids is 1. The van der Waals surface area contributed by atoms with Gasteiger partial charge in [-0.15, -0.1) is 0 Å². The molecule has 0 aliphatic rings. The van der Waals surface area contributed by atoms with Crippen molar-refractivity contribution in [2.24, 2.45) is 0 Å². The van der Waals surface area contributed by atoms with Crippen LogP contribution in [-0.2, 0) is 4.79 Å². The standard InChI is InChI=1S/C11H8F7NO2S/c12-9(13,10(14,15)16)11(17,18)22-7-3-1-6(2-4-7)19-5-8(20)21/h1-4,19H,5H2,(H,20,21). The van der Waals surface area contributed by atoms with Crippen molar-refractivity contribution in [2.75, 3.05) is 11.9 Å². The lowest BCUT2D eigenvalue weighted by Gasteiger charge is -2.27. The van der Waals surface area contributed by atoms with Crippen LogP contribution in [0.1, 0.15) is 0 Å². The average Bonchev–Trinajstić information content (AvgIpc) is 2.36. The third kappa shape index (κ3) is 4.18. The van der Waals surface area contributed by atoms with Gasteiger partial charge in [0.2, 0.25) is 0 Å². The minimum absolute atomic E-state index is 0.178. The molecule has 124 valence electrons. The summed E-state index contributed by atoms with van der Waals surface area (Å²) in [4.78, 5) is 9.74. The first-order chi connectivity index (χ1) is 9.87. The van der Waals surface area contributed by atoms with Crippen molar-refractivity contribution >= 4 is 23.4 Å². The van der Waals surface area contributed by atoms with Crippen LogP contribution >= 0.6 is 11.8 Å². The molecule has 0 radical (unpaired) electrons. The van der Waals surface area contributed by atoms with E-state index in [9.17, 15) is 35.5 Å². The van der Waals surface area contributed by atoms with E-state index in [1.807, 2.05) is 0 Å². The predicted molar refractivity (Wildman–Crippen MR) is 64.4 cm³/mol. The molecule has 0 spiro atoms. The number of aliphatic carboxylic acids is 1. The van der Waals surface area contributed by atoms with E-state index < -0.39 is 46.5 Å². The van der Waals surface area contributed by atoms with Gasteiger partial charge in [0, 0.05) is 10.6 Å². The molecule has 0 aliphatic carbocycles. The molecule has 0 amide bonds. The number of hydrogen-bond acceptors (Lipinski definition) is 3. The zero-order valence-corrected chi connectivity index (χ0v) is 11.2. The molecular weight excluding hydrogens is 343 g/mol. The van der Waals surface area contributed by atoms with Crippen molar-refractivity contribution in [1.82, 2.24) is 0 Å². The first kappa shape index (κ1) is 18.4. The van der Waals surface area contributed by atoms with Crippen molar-refractivity contribution in [1.29, 1.82) is 0 Å². The summed E-state index contributed by atoms with van der Waals surface area (Å²) < 4.78 is 87.6. The summed E-state index contributed by atoms with van der Waals surface area (Å²) >= 11 is -0.935. The van der Waals surface area contributed by atoms with Gasteiger partial charge in [-0.05, 0) is 36.0 Å². The lowest BCUT2D eigenvalue weighted by Crippen LogP contribution is -2.49. The molecule has 1 aromatic rings. The second kappa shape index (κ2) is 6.23. The van der Waals surface area contributed by atoms with E-state index in [4.69, 9.17) is 5.11 Å². The van der Waals surface area contributed by atoms with Crippen molar-refractivity contribution in [3.8, 4) is 0 Å². The maximum absolute atomic E-state index is 13.1. The van der Waals surface area contributed by atoms with Gasteiger partial charge in [0.05, 0.1) is 0 Å². The molecular formula is C11H8F7NO2S. The Kier molecular flexibility index (Phi) is 5.21. The summed E-state index contributed by atoms with van der Waals surface area (Å²) in [7, 11) is 0. The molecule has 0 bridgehead atoms. The van der Waals surface area contributed by atoms with Crippen LogP contribution in [0.4, 0.5) is 36.4 Å². The molecule has 0 heterocycles. The van der Waals surface area contributed by atoms with Gasteiger partial charge in [0.25, 0.3) is 0 Å². The minimum Gasteiger partial charge on any atom is -0.480 e. The van der Waals surface area contributed by atoms with Gasteiger partial charge in [-0.1, -0.05) is 0 Å². The SMILES string of the molecule is O=C(O)CNc1ccc(SC(F)(F)C(F)(F)C(F)(F)F)cc1. The fourth-order valence-electron chi connectivity index (χ4n) is 1.20. The second-order valence-electron chi connectivity index (χ2n) is 3.96. The number of rotatable bonds is 6. The largest absolute Gasteiger partial charge is 0.480 e. The highest BCUT2D eigenvalue weighted by atomic mass is 32.2. The number of nitrogens with one attached hydrogen (secondary N) is 1. The van der Waals surface area contributed by atoms with Crippen LogP contribution in [0.5, 0.6) is 0 Å². The molecule has 1 rings (SSSR count). The maximum atomic E-state index is 13.1. The van der Waals surface area contributed by atoms with Crippen LogP contribution in [0.2, 0.25) is 0 Å². The van der Waals surface area contributed by atoms with Gasteiger partial charge in [-0.25, -0.2) is 0 Å². The Morgan fingerprint density at radius 1 is 1.05 bits per heavy atom. The van der Waals surface area contributed by atoms with Gasteiger partial charge in [-0.3, -0.25) is 4.79 Å². The molecule has 0 saturated heterocycles. The topological polar surface area (TPSA) is 49.3 Å². The Morgan fingerprint density at radius 2 is 1.55 bits per heavy atom. The first-order valence-electron chi connectivity index (χ1n) is 5.44. The molecule has 2 N–H and O–H groups in total. The van der Waals surface area contributed by atoms with E-state index >= 15 is 0 Å². The molecule has 0 unspecified atom stereocenters. The molecule has 0 saturated carbocycles. The minimum atomic E-state index is -6.38. The molecule has 11 heteroatoms. The number of alkyl halides is 7. The van der Waals surface area contributed by atoms with Crippen LogP contribution in [0, 0.1) is 0 Å². The second-order valence-corrected chi connectivity index (χ2v) is 5.15. The van der Waals surface area contributed by atoms with Gasteiger partial charge in [-0.2, -0.15) is 30.7 Å². The summed E-state index contributed by atoms with van der Waals surface area (Å²) in [5.41, 5.74) is 0.178. The summed E-state index contributed by atoms with van der Waals surface area (Å²) in [6, 6.07) is 3.89. The smallest absolute Gasteiger partial charge is 0.460 e. The Bertz CT molecular complexity index is 530. The summed E-state index contributed by atoms with van der Waals surface area (Å²) in [5.74, 6) is -7.39. The molecule has 0 fully saturated rings. The monoisotopic (exact) mass is 351 g/mol. The predicted octanol–water partition coefficient (Wildman–Crippen LogP) is 4.07. The van der Waals surface area contributed by atoms with Crippen LogP contribution < -0.4 is 5.32 Å². The molecule has 0 aliphatic heterocycles. The molecule has 3 nitrogen and oxygen atoms in total. The van der Waals surface area contributed by atoms with Gasteiger partial charge in [0.1, 0.15) is 6.54 Å². The third-order valence-corrected chi connectivity index (χ3v) is 3.29. The summed E-state index contributed by atoms with van der Waals surface area (Å²) in [5, 5.41) is 5.37. The van der Waals surface area contributed by atoms with Crippen molar-refractivity contribution in [2.45, 2.75) is 22.2 Å². The zero-order valence-electron chi connectivity index (χ0n) is 10.4. The van der Waals surface area contributed by atoms with Crippen molar-refractivity contribution in [3.63, 3.8) is 0 Å². The Balaban J connectivity index is 2.84. The van der Waals surface area contributed by atoms with Gasteiger partial charge < -0.3 is 10.4 Å². The number of carboxylic acid groups (broad SMARTS) is 1. The lowest BCUT2D eigenvalue weighted by atomic mass is 10.3. The third-order valence-electron chi connectivity index (χ3n) is 2.27. The molecule has 1 aromatic carbocycles. The highest BCUT2D eigenvalue weighted by Crippen LogP contribution is 2.53. The summed E-state index contributed by atoms with van der Waals surface area (Å²) in [6.45, 7) is -0.477. The molecule has 0 aromatic heterocycles. The van der Waals surface area contributed by atoms with E-state index in [1.54, 1.807) is 0 Å². The Morgan fingerprint density at radius 3 is 1.95 bits per heavy atom. The number of thioether (sulfide) groups is 1. The number of hydrogen-bond donors (Lipinski definition) is 2. The maximum Gasteiger partial charge on any atom is 0.460 e. The highest BCUT2D eigenvalue weighted by molar-refractivity contribution is 8.00. The van der Waals surface area contributed by atoms with E-state index in [1.165, 1.54) is 0 Å². The van der Waals surface area contributed by atoms with Crippen molar-refractivity contribution < 1.29 is 40.6 Å². The van der Waals surface area contributed by atoms with Crippen LogP contribution in [-0.4, -0.2) is 35.0 Å². The Labute approximate surface area is 123 Å². The van der Waals surface area contributed by atoms with E-state index in [-0.39, 0.29) is 5.69 Å². The average molecular weight is 351 g/mol. The van der Waals surface area contributed by atoms with Crippen molar-refractivity contribution in [3.05, 3.63) is 24.3 Å². The normalized spacial score (nSPS) is 13.0. The lowest BCUT2D eigenvalue weighted by molar-refractivity contribution is -0.330. The molecule has 22 heavy (non-hydrogen) atoms. The van der Waals surface area contributed by atoms with Gasteiger partial charge >= 0.3 is 23.3 Å². The number of carbonyl (C=O) groups is 1. The fourth-order valence-corrected chi connectivity index (χ4v) is 2.01. The zero-order chi connectivity index (χ0) is 17.2. The van der Waals surface area contributed by atoms with E-state index in [0.29, 0.717) is 0 Å². The van der Waals surface area contributed by atoms with Crippen LogP contribution in [0.15, 0.2) is 29.2 Å². The van der Waals surface area contributed by atoms with Gasteiger partial charge in [0.15, 0.2) is 0 Å². The Hall–Kier alpha value is -1.65. The number of anilines is 1. The number of benzene rings is 1. The summed E-state index contributed by atoms with van der Waals surface area (Å²) in [6.07, 6.45) is -6.38. The highest BCUT2D eigenvalue weighted by Gasteiger charge is 2.73. The van der Waals surface area contributed by atoms with E-state index in [2.05, 4.69) is 5.32 Å². The van der Waals surface area contributed by atoms with Crippen LogP contribution in [0.3, 0.4) is 0 Å². The quantitative estimate of drug-likeness (QED) is 0.599. The molecule has 0 atom stereocenters. The number of halogens is 7. The first-order valence-corrected chi connectivity index (χ1v) is 6.25. The van der Waals surface area contributed by atoms with Crippen LogP contribution in [0.25, 0.3) is 0 Å². The van der Waals surface area contributed by atoms with E-state index in [0.717, 1.165) is 24.3 Å².